The number of methoxy groups -OCH3 is 1. The van der Waals surface area contributed by atoms with E-state index in [1.54, 1.807) is 25.3 Å². The van der Waals surface area contributed by atoms with Crippen molar-refractivity contribution in [2.75, 3.05) is 33.3 Å². The molecule has 0 unspecified atom stereocenters. The molecular formula is C20H24N2O3. The van der Waals surface area contributed by atoms with Crippen molar-refractivity contribution in [3.8, 4) is 11.5 Å². The molecule has 132 valence electrons. The number of benzene rings is 2. The van der Waals surface area contributed by atoms with Gasteiger partial charge in [-0.1, -0.05) is 12.1 Å². The predicted molar refractivity (Wildman–Crippen MR) is 97.0 cm³/mol. The van der Waals surface area contributed by atoms with Gasteiger partial charge in [-0.3, -0.25) is 9.69 Å². The van der Waals surface area contributed by atoms with Crippen LogP contribution in [0.2, 0.25) is 0 Å². The smallest absolute Gasteiger partial charge is 0.254 e. The minimum Gasteiger partial charge on any atom is -0.508 e. The lowest BCUT2D eigenvalue weighted by Gasteiger charge is -2.35. The summed E-state index contributed by atoms with van der Waals surface area (Å²) in [4.78, 5) is 16.9. The average molecular weight is 340 g/mol. The number of aryl methyl sites for hydroxylation is 1. The molecule has 2 aromatic carbocycles. The van der Waals surface area contributed by atoms with Crippen LogP contribution in [-0.2, 0) is 6.54 Å². The Balaban J connectivity index is 1.56. The van der Waals surface area contributed by atoms with Gasteiger partial charge in [0.1, 0.15) is 11.5 Å². The van der Waals surface area contributed by atoms with E-state index >= 15 is 0 Å². The number of phenols is 1. The highest BCUT2D eigenvalue weighted by atomic mass is 16.5. The van der Waals surface area contributed by atoms with Crippen molar-refractivity contribution in [3.63, 3.8) is 0 Å². The average Bonchev–Trinajstić information content (AvgIpc) is 2.62. The van der Waals surface area contributed by atoms with Crippen LogP contribution in [0.1, 0.15) is 21.5 Å². The molecule has 1 amide bonds. The summed E-state index contributed by atoms with van der Waals surface area (Å²) in [5.41, 5.74) is 2.72. The molecule has 1 fully saturated rings. The Kier molecular flexibility index (Phi) is 5.24. The first-order valence-electron chi connectivity index (χ1n) is 8.51. The molecule has 0 radical (unpaired) electrons. The third-order valence-corrected chi connectivity index (χ3v) is 4.67. The number of hydrogen-bond donors (Lipinski definition) is 1. The quantitative estimate of drug-likeness (QED) is 0.930. The molecule has 0 bridgehead atoms. The van der Waals surface area contributed by atoms with Crippen molar-refractivity contribution in [1.82, 2.24) is 9.80 Å². The first-order chi connectivity index (χ1) is 12.1. The summed E-state index contributed by atoms with van der Waals surface area (Å²) in [6.07, 6.45) is 0. The van der Waals surface area contributed by atoms with E-state index in [9.17, 15) is 9.90 Å². The van der Waals surface area contributed by atoms with Gasteiger partial charge in [-0.25, -0.2) is 0 Å². The van der Waals surface area contributed by atoms with Crippen LogP contribution in [0.5, 0.6) is 11.5 Å². The SMILES string of the molecule is COc1ccc(CN2CCN(C(=O)c3ccc(O)cc3C)CC2)cc1. The molecule has 1 aliphatic rings. The molecule has 1 N–H and O–H groups in total. The number of aromatic hydroxyl groups is 1. The summed E-state index contributed by atoms with van der Waals surface area (Å²) in [5, 5.41) is 9.50. The lowest BCUT2D eigenvalue weighted by Crippen LogP contribution is -2.48. The van der Waals surface area contributed by atoms with Crippen LogP contribution < -0.4 is 4.74 Å². The van der Waals surface area contributed by atoms with Gasteiger partial charge in [0, 0.05) is 38.3 Å². The van der Waals surface area contributed by atoms with E-state index in [0.717, 1.165) is 44.0 Å². The van der Waals surface area contributed by atoms with Crippen molar-refractivity contribution in [2.24, 2.45) is 0 Å². The topological polar surface area (TPSA) is 53.0 Å². The predicted octanol–water partition coefficient (Wildman–Crippen LogP) is 2.67. The molecule has 1 aliphatic heterocycles. The van der Waals surface area contributed by atoms with Gasteiger partial charge in [0.2, 0.25) is 0 Å². The molecule has 5 nitrogen and oxygen atoms in total. The van der Waals surface area contributed by atoms with E-state index in [4.69, 9.17) is 4.74 Å². The number of amides is 1. The van der Waals surface area contributed by atoms with Gasteiger partial charge in [-0.2, -0.15) is 0 Å². The molecular weight excluding hydrogens is 316 g/mol. The summed E-state index contributed by atoms with van der Waals surface area (Å²) in [7, 11) is 1.67. The van der Waals surface area contributed by atoms with E-state index in [0.29, 0.717) is 5.56 Å². The van der Waals surface area contributed by atoms with Crippen LogP contribution in [0.4, 0.5) is 0 Å². The van der Waals surface area contributed by atoms with Crippen molar-refractivity contribution < 1.29 is 14.6 Å². The summed E-state index contributed by atoms with van der Waals surface area (Å²) in [6, 6.07) is 13.0. The molecule has 3 rings (SSSR count). The maximum atomic E-state index is 12.7. The van der Waals surface area contributed by atoms with Gasteiger partial charge in [-0.05, 0) is 48.4 Å². The number of phenolic OH excluding ortho intramolecular Hbond substituents is 1. The first-order valence-corrected chi connectivity index (χ1v) is 8.51. The fourth-order valence-electron chi connectivity index (χ4n) is 3.16. The summed E-state index contributed by atoms with van der Waals surface area (Å²) in [5.74, 6) is 1.10. The third-order valence-electron chi connectivity index (χ3n) is 4.67. The van der Waals surface area contributed by atoms with Crippen LogP contribution in [0, 0.1) is 6.92 Å². The Labute approximate surface area is 148 Å². The molecule has 2 aromatic rings. The number of carbonyl (C=O) groups excluding carboxylic acids is 1. The van der Waals surface area contributed by atoms with Crippen molar-refractivity contribution in [2.45, 2.75) is 13.5 Å². The monoisotopic (exact) mass is 340 g/mol. The minimum atomic E-state index is 0.0431. The van der Waals surface area contributed by atoms with Crippen LogP contribution >= 0.6 is 0 Å². The second-order valence-electron chi connectivity index (χ2n) is 6.42. The van der Waals surface area contributed by atoms with Gasteiger partial charge >= 0.3 is 0 Å². The number of rotatable bonds is 4. The molecule has 25 heavy (non-hydrogen) atoms. The zero-order valence-corrected chi connectivity index (χ0v) is 14.7. The van der Waals surface area contributed by atoms with Gasteiger partial charge < -0.3 is 14.7 Å². The van der Waals surface area contributed by atoms with Gasteiger partial charge in [0.15, 0.2) is 0 Å². The number of nitrogens with zero attached hydrogens (tertiary/aromatic N) is 2. The summed E-state index contributed by atoms with van der Waals surface area (Å²) >= 11 is 0. The zero-order chi connectivity index (χ0) is 17.8. The third kappa shape index (κ3) is 4.12. The van der Waals surface area contributed by atoms with E-state index < -0.39 is 0 Å². The summed E-state index contributed by atoms with van der Waals surface area (Å²) in [6.45, 7) is 5.88. The Bertz CT molecular complexity index is 735. The standard InChI is InChI=1S/C20H24N2O3/c1-15-13-17(23)5-8-19(15)20(24)22-11-9-21(10-12-22)14-16-3-6-18(25-2)7-4-16/h3-8,13,23H,9-12,14H2,1-2H3. The second kappa shape index (κ2) is 7.57. The van der Waals surface area contributed by atoms with Gasteiger partial charge in [-0.15, -0.1) is 0 Å². The lowest BCUT2D eigenvalue weighted by molar-refractivity contribution is 0.0627. The minimum absolute atomic E-state index is 0.0431. The zero-order valence-electron chi connectivity index (χ0n) is 14.7. The number of piperazine rings is 1. The molecule has 1 saturated heterocycles. The number of hydrogen-bond acceptors (Lipinski definition) is 4. The molecule has 0 spiro atoms. The van der Waals surface area contributed by atoms with Gasteiger partial charge in [0.05, 0.1) is 7.11 Å². The Morgan fingerprint density at radius 1 is 1.08 bits per heavy atom. The molecule has 0 atom stereocenters. The first kappa shape index (κ1) is 17.3. The molecule has 0 aromatic heterocycles. The van der Waals surface area contributed by atoms with Crippen LogP contribution in [0.15, 0.2) is 42.5 Å². The fourth-order valence-corrected chi connectivity index (χ4v) is 3.16. The van der Waals surface area contributed by atoms with E-state index in [2.05, 4.69) is 17.0 Å². The molecule has 0 aliphatic carbocycles. The highest BCUT2D eigenvalue weighted by molar-refractivity contribution is 5.95. The molecule has 0 saturated carbocycles. The van der Waals surface area contributed by atoms with E-state index in [-0.39, 0.29) is 11.7 Å². The Morgan fingerprint density at radius 2 is 1.76 bits per heavy atom. The normalized spacial score (nSPS) is 15.2. The molecule has 5 heteroatoms. The number of ether oxygens (including phenoxy) is 1. The van der Waals surface area contributed by atoms with E-state index in [1.165, 1.54) is 5.56 Å². The molecule has 1 heterocycles. The van der Waals surface area contributed by atoms with Crippen LogP contribution in [-0.4, -0.2) is 54.1 Å². The Hall–Kier alpha value is -2.53. The second-order valence-corrected chi connectivity index (χ2v) is 6.42. The summed E-state index contributed by atoms with van der Waals surface area (Å²) < 4.78 is 5.19. The fraction of sp³-hybridized carbons (Fsp3) is 0.350. The maximum absolute atomic E-state index is 12.7. The van der Waals surface area contributed by atoms with Crippen molar-refractivity contribution in [1.29, 1.82) is 0 Å². The van der Waals surface area contributed by atoms with Crippen LogP contribution in [0.3, 0.4) is 0 Å². The largest absolute Gasteiger partial charge is 0.508 e. The maximum Gasteiger partial charge on any atom is 0.254 e. The van der Waals surface area contributed by atoms with Crippen LogP contribution in [0.25, 0.3) is 0 Å². The highest BCUT2D eigenvalue weighted by Crippen LogP contribution is 2.19. The Morgan fingerprint density at radius 3 is 2.36 bits per heavy atom. The number of carbonyl (C=O) groups is 1. The lowest BCUT2D eigenvalue weighted by atomic mass is 10.1. The van der Waals surface area contributed by atoms with Crippen molar-refractivity contribution in [3.05, 3.63) is 59.2 Å². The van der Waals surface area contributed by atoms with Gasteiger partial charge in [0.25, 0.3) is 5.91 Å². The highest BCUT2D eigenvalue weighted by Gasteiger charge is 2.23. The van der Waals surface area contributed by atoms with E-state index in [1.807, 2.05) is 24.0 Å². The van der Waals surface area contributed by atoms with Crippen molar-refractivity contribution >= 4 is 5.91 Å².